The Morgan fingerprint density at radius 2 is 1.44 bits per heavy atom. The number of hydrogen-bond acceptors (Lipinski definition) is 2. The number of nitrogens with one attached hydrogen (secondary N) is 1. The number of sulfonamides is 1. The van der Waals surface area contributed by atoms with Crippen LogP contribution < -0.4 is 4.72 Å². The maximum Gasteiger partial charge on any atom is 0.261 e. The molecule has 0 aliphatic rings. The van der Waals surface area contributed by atoms with E-state index < -0.39 is 15.8 Å². The minimum Gasteiger partial charge on any atom is -0.280 e. The zero-order valence-corrected chi connectivity index (χ0v) is 10.8. The van der Waals surface area contributed by atoms with Gasteiger partial charge in [-0.05, 0) is 36.4 Å². The summed E-state index contributed by atoms with van der Waals surface area (Å²) in [5.41, 5.74) is 0.329. The molecule has 0 aliphatic heterocycles. The van der Waals surface area contributed by atoms with Gasteiger partial charge in [0.25, 0.3) is 10.0 Å². The molecule has 0 amide bonds. The van der Waals surface area contributed by atoms with Crippen molar-refractivity contribution in [1.29, 1.82) is 0 Å². The third kappa shape index (κ3) is 3.45. The molecule has 0 fully saturated rings. The van der Waals surface area contributed by atoms with E-state index in [1.54, 1.807) is 18.2 Å². The zero-order valence-electron chi connectivity index (χ0n) is 9.21. The maximum absolute atomic E-state index is 12.7. The van der Waals surface area contributed by atoms with E-state index in [0.29, 0.717) is 5.69 Å². The van der Waals surface area contributed by atoms with E-state index in [2.05, 4.69) is 4.72 Å². The SMILES string of the molecule is Cl.O=S(=O)(Nc1ccc(F)cc1)c1ccccc1. The Bertz CT molecular complexity index is 600. The van der Waals surface area contributed by atoms with Crippen LogP contribution in [0.15, 0.2) is 59.5 Å². The molecule has 0 aliphatic carbocycles. The van der Waals surface area contributed by atoms with Crippen LogP contribution >= 0.6 is 12.4 Å². The van der Waals surface area contributed by atoms with Crippen molar-refractivity contribution >= 4 is 28.1 Å². The van der Waals surface area contributed by atoms with Gasteiger partial charge < -0.3 is 0 Å². The van der Waals surface area contributed by atoms with Crippen molar-refractivity contribution in [3.05, 3.63) is 60.4 Å². The Morgan fingerprint density at radius 1 is 0.889 bits per heavy atom. The second kappa shape index (κ2) is 5.84. The summed E-state index contributed by atoms with van der Waals surface area (Å²) in [4.78, 5) is 0.171. The van der Waals surface area contributed by atoms with Crippen LogP contribution in [0.5, 0.6) is 0 Å². The summed E-state index contributed by atoms with van der Waals surface area (Å²) in [5.74, 6) is -0.410. The molecule has 0 radical (unpaired) electrons. The Kier molecular flexibility index (Phi) is 4.69. The number of rotatable bonds is 3. The summed E-state index contributed by atoms with van der Waals surface area (Å²) in [6.07, 6.45) is 0. The summed E-state index contributed by atoms with van der Waals surface area (Å²) in [7, 11) is -3.60. The molecule has 2 rings (SSSR count). The summed E-state index contributed by atoms with van der Waals surface area (Å²) in [6, 6.07) is 13.1. The molecule has 2 aromatic rings. The Balaban J connectivity index is 0.00000162. The molecule has 6 heteroatoms. The lowest BCUT2D eigenvalue weighted by Gasteiger charge is -2.07. The molecule has 96 valence electrons. The van der Waals surface area contributed by atoms with E-state index in [1.807, 2.05) is 0 Å². The lowest BCUT2D eigenvalue weighted by molar-refractivity contribution is 0.601. The fourth-order valence-corrected chi connectivity index (χ4v) is 2.41. The van der Waals surface area contributed by atoms with Crippen molar-refractivity contribution in [3.8, 4) is 0 Å². The largest absolute Gasteiger partial charge is 0.280 e. The predicted molar refractivity (Wildman–Crippen MR) is 70.9 cm³/mol. The van der Waals surface area contributed by atoms with Crippen molar-refractivity contribution in [2.24, 2.45) is 0 Å². The Morgan fingerprint density at radius 3 is 2.00 bits per heavy atom. The predicted octanol–water partition coefficient (Wildman–Crippen LogP) is 3.05. The second-order valence-electron chi connectivity index (χ2n) is 3.43. The summed E-state index contributed by atoms with van der Waals surface area (Å²) in [5, 5.41) is 0. The van der Waals surface area contributed by atoms with E-state index in [4.69, 9.17) is 0 Å². The fourth-order valence-electron chi connectivity index (χ4n) is 1.33. The standard InChI is InChI=1S/C12H10FNO2S.ClH/c13-10-6-8-11(9-7-10)14-17(15,16)12-4-2-1-3-5-12;/h1-9,14H;1H. The fraction of sp³-hybridized carbons (Fsp3) is 0. The van der Waals surface area contributed by atoms with Gasteiger partial charge in [-0.15, -0.1) is 12.4 Å². The molecule has 0 saturated carbocycles. The molecule has 18 heavy (non-hydrogen) atoms. The quantitative estimate of drug-likeness (QED) is 0.943. The number of hydrogen-bond donors (Lipinski definition) is 1. The van der Waals surface area contributed by atoms with E-state index in [0.717, 1.165) is 0 Å². The molecule has 0 aromatic heterocycles. The van der Waals surface area contributed by atoms with Crippen molar-refractivity contribution in [2.75, 3.05) is 4.72 Å². The summed E-state index contributed by atoms with van der Waals surface area (Å²) >= 11 is 0. The van der Waals surface area contributed by atoms with E-state index >= 15 is 0 Å². The third-order valence-electron chi connectivity index (χ3n) is 2.15. The van der Waals surface area contributed by atoms with Gasteiger partial charge in [0.2, 0.25) is 0 Å². The van der Waals surface area contributed by atoms with Crippen LogP contribution in [0.4, 0.5) is 10.1 Å². The van der Waals surface area contributed by atoms with Gasteiger partial charge in [-0.2, -0.15) is 0 Å². The van der Waals surface area contributed by atoms with Crippen LogP contribution in [-0.2, 0) is 10.0 Å². The monoisotopic (exact) mass is 287 g/mol. The molecular weight excluding hydrogens is 277 g/mol. The van der Waals surface area contributed by atoms with Gasteiger partial charge in [0.05, 0.1) is 4.90 Å². The molecule has 0 bridgehead atoms. The lowest BCUT2D eigenvalue weighted by Crippen LogP contribution is -2.12. The summed E-state index contributed by atoms with van der Waals surface area (Å²) < 4.78 is 38.8. The normalized spacial score (nSPS) is 10.5. The van der Waals surface area contributed by atoms with E-state index in [-0.39, 0.29) is 17.3 Å². The Hall–Kier alpha value is -1.59. The highest BCUT2D eigenvalue weighted by molar-refractivity contribution is 7.92. The van der Waals surface area contributed by atoms with Gasteiger partial charge in [-0.25, -0.2) is 12.8 Å². The van der Waals surface area contributed by atoms with Crippen LogP contribution in [0.2, 0.25) is 0 Å². The smallest absolute Gasteiger partial charge is 0.261 e. The first-order valence-electron chi connectivity index (χ1n) is 4.91. The highest BCUT2D eigenvalue weighted by atomic mass is 35.5. The second-order valence-corrected chi connectivity index (χ2v) is 5.11. The highest BCUT2D eigenvalue weighted by Crippen LogP contribution is 2.15. The van der Waals surface area contributed by atoms with E-state index in [1.165, 1.54) is 36.4 Å². The molecule has 2 aromatic carbocycles. The summed E-state index contributed by atoms with van der Waals surface area (Å²) in [6.45, 7) is 0. The van der Waals surface area contributed by atoms with Crippen molar-refractivity contribution in [3.63, 3.8) is 0 Å². The van der Waals surface area contributed by atoms with Crippen LogP contribution in [0.3, 0.4) is 0 Å². The first kappa shape index (κ1) is 14.5. The molecule has 0 heterocycles. The molecule has 0 spiro atoms. The number of benzene rings is 2. The minimum absolute atomic E-state index is 0. The highest BCUT2D eigenvalue weighted by Gasteiger charge is 2.12. The molecular formula is C12H11ClFNO2S. The average Bonchev–Trinajstić information content (AvgIpc) is 2.33. The van der Waals surface area contributed by atoms with Crippen LogP contribution in [0.1, 0.15) is 0 Å². The molecule has 0 unspecified atom stereocenters. The van der Waals surface area contributed by atoms with Crippen molar-refractivity contribution in [1.82, 2.24) is 0 Å². The molecule has 3 nitrogen and oxygen atoms in total. The van der Waals surface area contributed by atoms with E-state index in [9.17, 15) is 12.8 Å². The topological polar surface area (TPSA) is 46.2 Å². The number of anilines is 1. The van der Waals surface area contributed by atoms with Gasteiger partial charge in [-0.3, -0.25) is 4.72 Å². The Labute approximate surface area is 111 Å². The minimum atomic E-state index is -3.60. The van der Waals surface area contributed by atoms with Gasteiger partial charge >= 0.3 is 0 Å². The van der Waals surface area contributed by atoms with Gasteiger partial charge in [0.15, 0.2) is 0 Å². The van der Waals surface area contributed by atoms with Gasteiger partial charge in [0.1, 0.15) is 5.82 Å². The van der Waals surface area contributed by atoms with Crippen LogP contribution in [-0.4, -0.2) is 8.42 Å². The third-order valence-corrected chi connectivity index (χ3v) is 3.55. The lowest BCUT2D eigenvalue weighted by atomic mass is 10.3. The first-order chi connectivity index (χ1) is 8.08. The molecule has 0 atom stereocenters. The van der Waals surface area contributed by atoms with Crippen LogP contribution in [0.25, 0.3) is 0 Å². The zero-order chi connectivity index (χ0) is 12.3. The van der Waals surface area contributed by atoms with Gasteiger partial charge in [-0.1, -0.05) is 18.2 Å². The molecule has 0 saturated heterocycles. The van der Waals surface area contributed by atoms with Crippen LogP contribution in [0, 0.1) is 5.82 Å². The number of halogens is 2. The van der Waals surface area contributed by atoms with Gasteiger partial charge in [0, 0.05) is 5.69 Å². The maximum atomic E-state index is 12.7. The first-order valence-corrected chi connectivity index (χ1v) is 6.40. The van der Waals surface area contributed by atoms with Crippen molar-refractivity contribution < 1.29 is 12.8 Å². The average molecular weight is 288 g/mol. The molecule has 1 N–H and O–H groups in total. The van der Waals surface area contributed by atoms with Crippen molar-refractivity contribution in [2.45, 2.75) is 4.90 Å².